The summed E-state index contributed by atoms with van der Waals surface area (Å²) < 4.78 is 5.23. The van der Waals surface area contributed by atoms with Crippen LogP contribution in [0.15, 0.2) is 22.4 Å². The summed E-state index contributed by atoms with van der Waals surface area (Å²) in [6, 6.07) is 1.67. The summed E-state index contributed by atoms with van der Waals surface area (Å²) in [7, 11) is 1.73. The Labute approximate surface area is 107 Å². The van der Waals surface area contributed by atoms with Gasteiger partial charge in [0, 0.05) is 25.4 Å². The lowest BCUT2D eigenvalue weighted by atomic mass is 10.3. The largest absolute Gasteiger partial charge is 0.343 e. The number of carbonyl (C=O) groups excluding carboxylic acids is 1. The van der Waals surface area contributed by atoms with Gasteiger partial charge in [0.15, 0.2) is 5.82 Å². The third-order valence-corrected chi connectivity index (χ3v) is 3.33. The Bertz CT molecular complexity index is 497. The third-order valence-electron chi connectivity index (χ3n) is 2.24. The van der Waals surface area contributed by atoms with Gasteiger partial charge in [-0.2, -0.15) is 4.98 Å². The highest BCUT2D eigenvalue weighted by Crippen LogP contribution is 2.20. The zero-order valence-electron chi connectivity index (χ0n) is 9.09. The van der Waals surface area contributed by atoms with Crippen LogP contribution in [0.4, 0.5) is 0 Å². The molecule has 1 amide bonds. The second kappa shape index (κ2) is 5.29. The van der Waals surface area contributed by atoms with E-state index in [1.807, 2.05) is 0 Å². The molecule has 0 unspecified atom stereocenters. The monoisotopic (exact) mass is 271 g/mol. The number of thiophene rings is 1. The number of carbonyl (C=O) groups is 1. The smallest absolute Gasteiger partial charge is 0.254 e. The predicted molar refractivity (Wildman–Crippen MR) is 64.3 cm³/mol. The van der Waals surface area contributed by atoms with Crippen LogP contribution < -0.4 is 0 Å². The molecule has 0 radical (unpaired) electrons. The van der Waals surface area contributed by atoms with E-state index in [0.717, 1.165) is 0 Å². The van der Waals surface area contributed by atoms with E-state index in [9.17, 15) is 4.79 Å². The van der Waals surface area contributed by atoms with Crippen LogP contribution in [-0.4, -0.2) is 34.5 Å². The molecule has 7 heteroatoms. The van der Waals surface area contributed by atoms with Crippen molar-refractivity contribution < 1.29 is 9.32 Å². The van der Waals surface area contributed by atoms with E-state index >= 15 is 0 Å². The summed E-state index contributed by atoms with van der Waals surface area (Å²) in [5.74, 6) is 0.532. The van der Waals surface area contributed by atoms with E-state index in [-0.39, 0.29) is 5.91 Å². The fourth-order valence-electron chi connectivity index (χ4n) is 1.31. The summed E-state index contributed by atoms with van der Waals surface area (Å²) in [5.41, 5.74) is 0.607. The van der Waals surface area contributed by atoms with Crippen molar-refractivity contribution in [1.82, 2.24) is 15.0 Å². The maximum absolute atomic E-state index is 11.9. The molecule has 90 valence electrons. The fourth-order valence-corrected chi connectivity index (χ4v) is 2.17. The molecule has 2 heterocycles. The Hall–Kier alpha value is -1.40. The minimum atomic E-state index is -0.0587. The van der Waals surface area contributed by atoms with Gasteiger partial charge in [-0.3, -0.25) is 4.79 Å². The van der Waals surface area contributed by atoms with Gasteiger partial charge < -0.3 is 9.42 Å². The van der Waals surface area contributed by atoms with E-state index in [1.54, 1.807) is 23.4 Å². The molecule has 5 nitrogen and oxygen atoms in total. The maximum atomic E-state index is 11.9. The lowest BCUT2D eigenvalue weighted by Gasteiger charge is -2.14. The number of hydrogen-bond acceptors (Lipinski definition) is 5. The zero-order chi connectivity index (χ0) is 12.3. The van der Waals surface area contributed by atoms with Crippen LogP contribution in [0, 0.1) is 0 Å². The first-order chi connectivity index (χ1) is 8.16. The Balaban J connectivity index is 1.91. The van der Waals surface area contributed by atoms with Crippen LogP contribution in [0.1, 0.15) is 16.2 Å². The van der Waals surface area contributed by atoms with Crippen molar-refractivity contribution in [1.29, 1.82) is 0 Å². The van der Waals surface area contributed by atoms with Crippen molar-refractivity contribution in [2.45, 2.75) is 6.42 Å². The molecule has 17 heavy (non-hydrogen) atoms. The molecule has 0 saturated carbocycles. The maximum Gasteiger partial charge on any atom is 0.254 e. The summed E-state index contributed by atoms with van der Waals surface area (Å²) in [6.07, 6.45) is 1.84. The van der Waals surface area contributed by atoms with Crippen molar-refractivity contribution in [3.63, 3.8) is 0 Å². The quantitative estimate of drug-likeness (QED) is 0.854. The van der Waals surface area contributed by atoms with Crippen LogP contribution in [-0.2, 0) is 6.42 Å². The van der Waals surface area contributed by atoms with Gasteiger partial charge in [-0.05, 0) is 6.07 Å². The van der Waals surface area contributed by atoms with Gasteiger partial charge in [-0.15, -0.1) is 11.3 Å². The number of halogens is 1. The standard InChI is InChI=1S/C10H10ClN3O2S/c1-14(3-2-9-12-6-16-13-9)10(15)7-4-8(11)17-5-7/h4-6H,2-3H2,1H3. The van der Waals surface area contributed by atoms with Gasteiger partial charge >= 0.3 is 0 Å². The lowest BCUT2D eigenvalue weighted by molar-refractivity contribution is 0.0796. The third kappa shape index (κ3) is 3.04. The van der Waals surface area contributed by atoms with Crippen LogP contribution >= 0.6 is 22.9 Å². The zero-order valence-corrected chi connectivity index (χ0v) is 10.7. The summed E-state index contributed by atoms with van der Waals surface area (Å²) in [6.45, 7) is 0.534. The fraction of sp³-hybridized carbons (Fsp3) is 0.300. The number of aromatic nitrogens is 2. The van der Waals surface area contributed by atoms with Gasteiger partial charge in [0.1, 0.15) is 0 Å². The Morgan fingerprint density at radius 3 is 3.06 bits per heavy atom. The molecule has 0 aliphatic rings. The van der Waals surface area contributed by atoms with Gasteiger partial charge in [0.05, 0.1) is 9.90 Å². The van der Waals surface area contributed by atoms with Crippen molar-refractivity contribution >= 4 is 28.8 Å². The predicted octanol–water partition coefficient (Wildman–Crippen LogP) is 2.10. The molecule has 0 N–H and O–H groups in total. The van der Waals surface area contributed by atoms with Gasteiger partial charge in [-0.25, -0.2) is 0 Å². The minimum absolute atomic E-state index is 0.0587. The molecule has 2 aromatic rings. The lowest BCUT2D eigenvalue weighted by Crippen LogP contribution is -2.28. The highest BCUT2D eigenvalue weighted by atomic mass is 35.5. The molecular formula is C10H10ClN3O2S. The van der Waals surface area contributed by atoms with Crippen LogP contribution in [0.3, 0.4) is 0 Å². The molecule has 0 aliphatic carbocycles. The first-order valence-electron chi connectivity index (χ1n) is 4.91. The topological polar surface area (TPSA) is 59.2 Å². The highest BCUT2D eigenvalue weighted by molar-refractivity contribution is 7.14. The Morgan fingerprint density at radius 1 is 1.65 bits per heavy atom. The average molecular weight is 272 g/mol. The minimum Gasteiger partial charge on any atom is -0.343 e. The molecule has 0 saturated heterocycles. The molecule has 0 bridgehead atoms. The highest BCUT2D eigenvalue weighted by Gasteiger charge is 2.13. The molecule has 0 spiro atoms. The number of likely N-dealkylation sites (N-methyl/N-ethyl adjacent to an activating group) is 1. The van der Waals surface area contributed by atoms with E-state index in [1.165, 1.54) is 17.7 Å². The van der Waals surface area contributed by atoms with Crippen LogP contribution in [0.5, 0.6) is 0 Å². The van der Waals surface area contributed by atoms with Gasteiger partial charge in [0.2, 0.25) is 6.39 Å². The van der Waals surface area contributed by atoms with E-state index < -0.39 is 0 Å². The molecular weight excluding hydrogens is 262 g/mol. The average Bonchev–Trinajstić information content (AvgIpc) is 2.95. The molecule has 0 aromatic carbocycles. The van der Waals surface area contributed by atoms with Crippen LogP contribution in [0.25, 0.3) is 0 Å². The Morgan fingerprint density at radius 2 is 2.47 bits per heavy atom. The van der Waals surface area contributed by atoms with E-state index in [2.05, 4.69) is 14.7 Å². The van der Waals surface area contributed by atoms with E-state index in [4.69, 9.17) is 11.6 Å². The van der Waals surface area contributed by atoms with E-state index in [0.29, 0.717) is 28.7 Å². The van der Waals surface area contributed by atoms with Crippen molar-refractivity contribution in [2.24, 2.45) is 0 Å². The summed E-state index contributed by atoms with van der Waals surface area (Å²) >= 11 is 7.13. The van der Waals surface area contributed by atoms with Gasteiger partial charge in [-0.1, -0.05) is 16.8 Å². The first kappa shape index (κ1) is 12.1. The SMILES string of the molecule is CN(CCc1ncon1)C(=O)c1csc(Cl)c1. The molecule has 0 atom stereocenters. The number of rotatable bonds is 4. The van der Waals surface area contributed by atoms with Crippen molar-refractivity contribution in [3.05, 3.63) is 33.6 Å². The number of hydrogen-bond donors (Lipinski definition) is 0. The van der Waals surface area contributed by atoms with Crippen LogP contribution in [0.2, 0.25) is 4.34 Å². The molecule has 0 aliphatic heterocycles. The molecule has 2 aromatic heterocycles. The summed E-state index contributed by atoms with van der Waals surface area (Å²) in [4.78, 5) is 17.4. The number of nitrogens with zero attached hydrogens (tertiary/aromatic N) is 3. The van der Waals surface area contributed by atoms with Crippen molar-refractivity contribution in [3.8, 4) is 0 Å². The molecule has 0 fully saturated rings. The first-order valence-corrected chi connectivity index (χ1v) is 6.17. The van der Waals surface area contributed by atoms with Crippen molar-refractivity contribution in [2.75, 3.05) is 13.6 Å². The Kier molecular flexibility index (Phi) is 3.75. The second-order valence-corrected chi connectivity index (χ2v) is 5.01. The molecule has 2 rings (SSSR count). The normalized spacial score (nSPS) is 10.5. The second-order valence-electron chi connectivity index (χ2n) is 3.46. The van der Waals surface area contributed by atoms with Gasteiger partial charge in [0.25, 0.3) is 5.91 Å². The summed E-state index contributed by atoms with van der Waals surface area (Å²) in [5, 5.41) is 5.43. The number of amides is 1.